The van der Waals surface area contributed by atoms with Crippen molar-refractivity contribution >= 4 is 17.5 Å². The van der Waals surface area contributed by atoms with Crippen LogP contribution in [-0.4, -0.2) is 48.4 Å². The lowest BCUT2D eigenvalue weighted by atomic mass is 10.2. The van der Waals surface area contributed by atoms with Crippen molar-refractivity contribution in [3.8, 4) is 0 Å². The topological polar surface area (TPSA) is 36.7 Å². The van der Waals surface area contributed by atoms with E-state index in [0.717, 1.165) is 13.1 Å². The second-order valence-corrected chi connectivity index (χ2v) is 4.63. The van der Waals surface area contributed by atoms with Gasteiger partial charge in [0.05, 0.1) is 11.8 Å². The summed E-state index contributed by atoms with van der Waals surface area (Å²) < 4.78 is 4.91. The van der Waals surface area contributed by atoms with Crippen molar-refractivity contribution in [2.75, 3.05) is 32.7 Å². The molecular weight excluding hydrogens is 240 g/mol. The molecule has 17 heavy (non-hydrogen) atoms. The third-order valence-electron chi connectivity index (χ3n) is 2.82. The van der Waals surface area contributed by atoms with Crippen molar-refractivity contribution in [1.29, 1.82) is 0 Å². The zero-order valence-corrected chi connectivity index (χ0v) is 10.3. The van der Waals surface area contributed by atoms with Crippen LogP contribution in [0.15, 0.2) is 34.6 Å². The fraction of sp³-hybridized carbons (Fsp3) is 0.417. The molecule has 1 fully saturated rings. The molecule has 1 aliphatic heterocycles. The molecule has 1 aromatic rings. The Balaban J connectivity index is 1.87. The van der Waals surface area contributed by atoms with Gasteiger partial charge < -0.3 is 9.32 Å². The van der Waals surface area contributed by atoms with Crippen molar-refractivity contribution in [3.05, 3.63) is 35.8 Å². The van der Waals surface area contributed by atoms with Crippen molar-refractivity contribution in [3.63, 3.8) is 0 Å². The van der Waals surface area contributed by atoms with Gasteiger partial charge in [0.25, 0.3) is 5.91 Å². The second kappa shape index (κ2) is 5.38. The Kier molecular flexibility index (Phi) is 3.86. The largest absolute Gasteiger partial charge is 0.472 e. The summed E-state index contributed by atoms with van der Waals surface area (Å²) in [7, 11) is 0. The fourth-order valence-electron chi connectivity index (χ4n) is 1.92. The second-order valence-electron chi connectivity index (χ2n) is 4.10. The minimum atomic E-state index is 0.0306. The molecule has 0 aromatic carbocycles. The zero-order valence-electron chi connectivity index (χ0n) is 9.56. The van der Waals surface area contributed by atoms with Crippen LogP contribution in [0.4, 0.5) is 0 Å². The lowest BCUT2D eigenvalue weighted by molar-refractivity contribution is 0.0648. The van der Waals surface area contributed by atoms with Crippen LogP contribution in [0.2, 0.25) is 0 Å². The van der Waals surface area contributed by atoms with Crippen molar-refractivity contribution in [2.24, 2.45) is 0 Å². The molecule has 0 bridgehead atoms. The highest BCUT2D eigenvalue weighted by Crippen LogP contribution is 2.10. The van der Waals surface area contributed by atoms with Crippen LogP contribution >= 0.6 is 11.6 Å². The van der Waals surface area contributed by atoms with Crippen molar-refractivity contribution in [2.45, 2.75) is 0 Å². The molecule has 2 heterocycles. The van der Waals surface area contributed by atoms with Crippen molar-refractivity contribution in [1.82, 2.24) is 9.80 Å². The molecule has 92 valence electrons. The average molecular weight is 255 g/mol. The van der Waals surface area contributed by atoms with Gasteiger partial charge in [-0.3, -0.25) is 9.69 Å². The van der Waals surface area contributed by atoms with E-state index in [1.54, 1.807) is 6.07 Å². The molecule has 0 aliphatic carbocycles. The first-order chi connectivity index (χ1) is 8.16. The predicted molar refractivity (Wildman–Crippen MR) is 66.0 cm³/mol. The van der Waals surface area contributed by atoms with E-state index in [9.17, 15) is 4.79 Å². The van der Waals surface area contributed by atoms with E-state index in [2.05, 4.69) is 11.5 Å². The quantitative estimate of drug-likeness (QED) is 0.825. The highest BCUT2D eigenvalue weighted by atomic mass is 35.5. The minimum absolute atomic E-state index is 0.0306. The van der Waals surface area contributed by atoms with Crippen LogP contribution < -0.4 is 0 Å². The number of halogens is 1. The minimum Gasteiger partial charge on any atom is -0.472 e. The van der Waals surface area contributed by atoms with E-state index in [1.807, 2.05) is 4.90 Å². The number of hydrogen-bond donors (Lipinski definition) is 0. The number of carbonyl (C=O) groups excluding carboxylic acids is 1. The first kappa shape index (κ1) is 12.2. The molecule has 0 atom stereocenters. The van der Waals surface area contributed by atoms with E-state index in [1.165, 1.54) is 12.5 Å². The Hall–Kier alpha value is -1.26. The predicted octanol–water partition coefficient (Wildman–Crippen LogP) is 1.79. The smallest absolute Gasteiger partial charge is 0.257 e. The van der Waals surface area contributed by atoms with Gasteiger partial charge in [0.2, 0.25) is 0 Å². The summed E-state index contributed by atoms with van der Waals surface area (Å²) in [4.78, 5) is 16.0. The molecule has 1 saturated heterocycles. The normalized spacial score (nSPS) is 17.1. The SMILES string of the molecule is C=C(Cl)CN1CCN(C(=O)c2ccoc2)CC1. The summed E-state index contributed by atoms with van der Waals surface area (Å²) in [6.07, 6.45) is 3.00. The maximum Gasteiger partial charge on any atom is 0.257 e. The Morgan fingerprint density at radius 1 is 1.41 bits per heavy atom. The van der Waals surface area contributed by atoms with Crippen LogP contribution in [0.25, 0.3) is 0 Å². The van der Waals surface area contributed by atoms with Crippen LogP contribution in [0.1, 0.15) is 10.4 Å². The van der Waals surface area contributed by atoms with Crippen LogP contribution in [0.3, 0.4) is 0 Å². The summed E-state index contributed by atoms with van der Waals surface area (Å²) in [5.41, 5.74) is 0.611. The van der Waals surface area contributed by atoms with Gasteiger partial charge in [-0.2, -0.15) is 0 Å². The molecular formula is C12H15ClN2O2. The number of carbonyl (C=O) groups is 1. The number of amides is 1. The summed E-state index contributed by atoms with van der Waals surface area (Å²) in [5.74, 6) is 0.0306. The monoisotopic (exact) mass is 254 g/mol. The summed E-state index contributed by atoms with van der Waals surface area (Å²) >= 11 is 5.76. The highest BCUT2D eigenvalue weighted by molar-refractivity contribution is 6.29. The van der Waals surface area contributed by atoms with Gasteiger partial charge in [0.1, 0.15) is 6.26 Å². The summed E-state index contributed by atoms with van der Waals surface area (Å²) in [6, 6.07) is 1.69. The Morgan fingerprint density at radius 2 is 2.12 bits per heavy atom. The fourth-order valence-corrected chi connectivity index (χ4v) is 2.09. The first-order valence-electron chi connectivity index (χ1n) is 5.54. The zero-order chi connectivity index (χ0) is 12.3. The van der Waals surface area contributed by atoms with E-state index in [0.29, 0.717) is 30.2 Å². The molecule has 4 nitrogen and oxygen atoms in total. The molecule has 0 saturated carbocycles. The third kappa shape index (κ3) is 3.11. The molecule has 1 aliphatic rings. The van der Waals surface area contributed by atoms with Crippen LogP contribution in [0.5, 0.6) is 0 Å². The molecule has 5 heteroatoms. The number of furan rings is 1. The summed E-state index contributed by atoms with van der Waals surface area (Å²) in [5, 5.41) is 0.639. The van der Waals surface area contributed by atoms with E-state index < -0.39 is 0 Å². The Bertz CT molecular complexity index is 395. The van der Waals surface area contributed by atoms with Gasteiger partial charge in [0.15, 0.2) is 0 Å². The molecule has 0 radical (unpaired) electrons. The molecule has 2 rings (SSSR count). The number of rotatable bonds is 3. The Labute approximate surface area is 105 Å². The van der Waals surface area contributed by atoms with Gasteiger partial charge in [0, 0.05) is 37.8 Å². The number of nitrogens with zero attached hydrogens (tertiary/aromatic N) is 2. The van der Waals surface area contributed by atoms with E-state index in [-0.39, 0.29) is 5.91 Å². The molecule has 1 amide bonds. The highest BCUT2D eigenvalue weighted by Gasteiger charge is 2.22. The standard InChI is InChI=1S/C12H15ClN2O2/c1-10(13)8-14-3-5-15(6-4-14)12(16)11-2-7-17-9-11/h2,7,9H,1,3-6,8H2. The maximum absolute atomic E-state index is 12.0. The third-order valence-corrected chi connectivity index (χ3v) is 2.94. The molecule has 0 unspecified atom stereocenters. The van der Waals surface area contributed by atoms with Gasteiger partial charge in [-0.15, -0.1) is 0 Å². The maximum atomic E-state index is 12.0. The molecule has 0 N–H and O–H groups in total. The number of piperazine rings is 1. The lowest BCUT2D eigenvalue weighted by Crippen LogP contribution is -2.48. The van der Waals surface area contributed by atoms with Gasteiger partial charge in [-0.05, 0) is 6.07 Å². The summed E-state index contributed by atoms with van der Waals surface area (Å²) in [6.45, 7) is 7.45. The van der Waals surface area contributed by atoms with Gasteiger partial charge >= 0.3 is 0 Å². The first-order valence-corrected chi connectivity index (χ1v) is 5.92. The van der Waals surface area contributed by atoms with Gasteiger partial charge in [-0.25, -0.2) is 0 Å². The van der Waals surface area contributed by atoms with Gasteiger partial charge in [-0.1, -0.05) is 18.2 Å². The van der Waals surface area contributed by atoms with Crippen LogP contribution in [-0.2, 0) is 0 Å². The lowest BCUT2D eigenvalue weighted by Gasteiger charge is -2.34. The average Bonchev–Trinajstić information content (AvgIpc) is 2.82. The van der Waals surface area contributed by atoms with Crippen molar-refractivity contribution < 1.29 is 9.21 Å². The van der Waals surface area contributed by atoms with Crippen LogP contribution in [0, 0.1) is 0 Å². The van der Waals surface area contributed by atoms with E-state index >= 15 is 0 Å². The molecule has 0 spiro atoms. The number of hydrogen-bond acceptors (Lipinski definition) is 3. The Morgan fingerprint density at radius 3 is 2.65 bits per heavy atom. The van der Waals surface area contributed by atoms with E-state index in [4.69, 9.17) is 16.0 Å². The molecule has 1 aromatic heterocycles.